The number of ether oxygens (including phenoxy) is 2. The standard InChI is InChI=1S/C38H55N5O9/c1-22(2)31(34(46)40-29-14-11-25(20-27(29)36(49)50)43-17-15-24(16-18-43)35(47)48)42-33(45)30(21-51-37(3,4)5)41-32(44)28(39)19-23-9-12-26(13-10-23)52-38(6,7)8/h9-14,20,22,24,28,30-31H,15-19,21,39H2,1-8H3,(H,40,46)(H,41,44)(H,42,45)(H,47,48)(H,49,50)/t28-,30-,31+/m1/s1. The molecule has 1 aliphatic rings. The molecule has 2 aromatic carbocycles. The van der Waals surface area contributed by atoms with Gasteiger partial charge in [0.05, 0.1) is 35.4 Å². The van der Waals surface area contributed by atoms with E-state index in [2.05, 4.69) is 16.0 Å². The molecule has 0 bridgehead atoms. The number of nitrogens with zero attached hydrogens (tertiary/aromatic N) is 1. The third kappa shape index (κ3) is 12.8. The molecular weight excluding hydrogens is 670 g/mol. The Morgan fingerprint density at radius 1 is 0.865 bits per heavy atom. The van der Waals surface area contributed by atoms with E-state index in [1.165, 1.54) is 12.1 Å². The highest BCUT2D eigenvalue weighted by molar-refractivity contribution is 6.04. The van der Waals surface area contributed by atoms with Crippen molar-refractivity contribution in [1.82, 2.24) is 10.6 Å². The molecule has 14 heteroatoms. The Morgan fingerprint density at radius 2 is 1.48 bits per heavy atom. The number of carboxylic acid groups (broad SMARTS) is 2. The van der Waals surface area contributed by atoms with Gasteiger partial charge in [-0.05, 0) is 103 Å². The molecule has 3 atom stereocenters. The summed E-state index contributed by atoms with van der Waals surface area (Å²) in [6.45, 7) is 15.4. The van der Waals surface area contributed by atoms with E-state index in [9.17, 15) is 34.2 Å². The number of rotatable bonds is 15. The first kappa shape index (κ1) is 41.7. The van der Waals surface area contributed by atoms with E-state index >= 15 is 0 Å². The largest absolute Gasteiger partial charge is 0.488 e. The monoisotopic (exact) mass is 725 g/mol. The van der Waals surface area contributed by atoms with Crippen molar-refractivity contribution in [2.24, 2.45) is 17.6 Å². The molecule has 2 aromatic rings. The predicted octanol–water partition coefficient (Wildman–Crippen LogP) is 3.81. The summed E-state index contributed by atoms with van der Waals surface area (Å²) < 4.78 is 11.7. The molecule has 0 spiro atoms. The Morgan fingerprint density at radius 3 is 2.00 bits per heavy atom. The lowest BCUT2D eigenvalue weighted by Gasteiger charge is -2.32. The molecule has 1 heterocycles. The number of piperidine rings is 1. The van der Waals surface area contributed by atoms with E-state index in [0.717, 1.165) is 5.56 Å². The van der Waals surface area contributed by atoms with Crippen molar-refractivity contribution < 1.29 is 43.7 Å². The van der Waals surface area contributed by atoms with E-state index in [1.54, 1.807) is 52.8 Å². The average molecular weight is 726 g/mol. The molecular formula is C38H55N5O9. The van der Waals surface area contributed by atoms with Crippen molar-refractivity contribution in [2.45, 2.75) is 104 Å². The van der Waals surface area contributed by atoms with Crippen molar-refractivity contribution >= 4 is 41.0 Å². The van der Waals surface area contributed by atoms with Gasteiger partial charge in [-0.1, -0.05) is 26.0 Å². The van der Waals surface area contributed by atoms with Crippen molar-refractivity contribution in [2.75, 3.05) is 29.9 Å². The molecule has 1 saturated heterocycles. The molecule has 1 fully saturated rings. The van der Waals surface area contributed by atoms with Crippen molar-refractivity contribution in [3.05, 3.63) is 53.6 Å². The Bertz CT molecular complexity index is 1570. The van der Waals surface area contributed by atoms with Crippen molar-refractivity contribution in [1.29, 1.82) is 0 Å². The number of aliphatic carboxylic acids is 1. The average Bonchev–Trinajstić information content (AvgIpc) is 3.04. The van der Waals surface area contributed by atoms with Crippen LogP contribution >= 0.6 is 0 Å². The summed E-state index contributed by atoms with van der Waals surface area (Å²) in [6, 6.07) is 8.52. The second-order valence-electron chi connectivity index (χ2n) is 15.5. The Hall–Kier alpha value is -4.69. The fraction of sp³-hybridized carbons (Fsp3) is 0.553. The second-order valence-corrected chi connectivity index (χ2v) is 15.5. The SMILES string of the molecule is CC(C)[C@H](NC(=O)[C@@H](COC(C)(C)C)NC(=O)[C@H](N)Cc1ccc(OC(C)(C)C)cc1)C(=O)Nc1ccc(N2CCC(C(=O)O)CC2)cc1C(=O)O. The third-order valence-electron chi connectivity index (χ3n) is 8.40. The Balaban J connectivity index is 1.72. The third-order valence-corrected chi connectivity index (χ3v) is 8.40. The molecule has 0 aromatic heterocycles. The van der Waals surface area contributed by atoms with Crippen LogP contribution in [0.2, 0.25) is 0 Å². The summed E-state index contributed by atoms with van der Waals surface area (Å²) in [5, 5.41) is 27.3. The van der Waals surface area contributed by atoms with Gasteiger partial charge >= 0.3 is 11.9 Å². The summed E-state index contributed by atoms with van der Waals surface area (Å²) >= 11 is 0. The Kier molecular flexibility index (Phi) is 14.2. The van der Waals surface area contributed by atoms with Gasteiger partial charge in [-0.15, -0.1) is 0 Å². The first-order valence-corrected chi connectivity index (χ1v) is 17.6. The molecule has 0 radical (unpaired) electrons. The summed E-state index contributed by atoms with van der Waals surface area (Å²) in [7, 11) is 0. The molecule has 0 unspecified atom stereocenters. The number of carboxylic acids is 2. The molecule has 0 aliphatic carbocycles. The minimum Gasteiger partial charge on any atom is -0.488 e. The fourth-order valence-corrected chi connectivity index (χ4v) is 5.59. The summed E-state index contributed by atoms with van der Waals surface area (Å²) in [6.07, 6.45) is 1.06. The topological polar surface area (TPSA) is 210 Å². The molecule has 0 saturated carbocycles. The highest BCUT2D eigenvalue weighted by atomic mass is 16.5. The van der Waals surface area contributed by atoms with Gasteiger partial charge in [-0.3, -0.25) is 19.2 Å². The number of hydrogen-bond acceptors (Lipinski definition) is 9. The lowest BCUT2D eigenvalue weighted by molar-refractivity contribution is -0.142. The van der Waals surface area contributed by atoms with Gasteiger partial charge < -0.3 is 46.3 Å². The van der Waals surface area contributed by atoms with Gasteiger partial charge in [0.1, 0.15) is 23.4 Å². The summed E-state index contributed by atoms with van der Waals surface area (Å²) in [4.78, 5) is 66.0. The minimum absolute atomic E-state index is 0.0338. The van der Waals surface area contributed by atoms with E-state index in [-0.39, 0.29) is 29.9 Å². The molecule has 3 rings (SSSR count). The first-order chi connectivity index (χ1) is 24.1. The maximum absolute atomic E-state index is 13.7. The van der Waals surface area contributed by atoms with Crippen LogP contribution < -0.4 is 31.3 Å². The van der Waals surface area contributed by atoms with Gasteiger partial charge in [0.15, 0.2) is 0 Å². The number of carbonyl (C=O) groups excluding carboxylic acids is 3. The maximum atomic E-state index is 13.7. The van der Waals surface area contributed by atoms with Crippen LogP contribution in [0.15, 0.2) is 42.5 Å². The van der Waals surface area contributed by atoms with Gasteiger partial charge in [-0.25, -0.2) is 4.79 Å². The number of benzene rings is 2. The van der Waals surface area contributed by atoms with Crippen LogP contribution in [-0.4, -0.2) is 88.9 Å². The molecule has 7 N–H and O–H groups in total. The quantitative estimate of drug-likeness (QED) is 0.156. The normalized spacial score (nSPS) is 15.7. The van der Waals surface area contributed by atoms with Gasteiger partial charge in [0.25, 0.3) is 0 Å². The van der Waals surface area contributed by atoms with Crippen LogP contribution in [0.3, 0.4) is 0 Å². The zero-order valence-electron chi connectivity index (χ0n) is 31.4. The zero-order valence-corrected chi connectivity index (χ0v) is 31.4. The number of hydrogen-bond donors (Lipinski definition) is 6. The number of amides is 3. The lowest BCUT2D eigenvalue weighted by atomic mass is 9.96. The fourth-order valence-electron chi connectivity index (χ4n) is 5.59. The number of anilines is 2. The van der Waals surface area contributed by atoms with Crippen molar-refractivity contribution in [3.63, 3.8) is 0 Å². The van der Waals surface area contributed by atoms with Gasteiger partial charge in [-0.2, -0.15) is 0 Å². The highest BCUT2D eigenvalue weighted by Crippen LogP contribution is 2.28. The molecule has 3 amide bonds. The van der Waals surface area contributed by atoms with E-state index in [1.807, 2.05) is 37.8 Å². The van der Waals surface area contributed by atoms with Crippen LogP contribution in [-0.2, 0) is 30.3 Å². The number of aromatic carboxylic acids is 1. The second kappa shape index (κ2) is 17.7. The number of nitrogens with two attached hydrogens (primary N) is 1. The summed E-state index contributed by atoms with van der Waals surface area (Å²) in [5.41, 5.74) is 6.51. The first-order valence-electron chi connectivity index (χ1n) is 17.6. The van der Waals surface area contributed by atoms with Crippen LogP contribution in [0.5, 0.6) is 5.75 Å². The maximum Gasteiger partial charge on any atom is 0.337 e. The van der Waals surface area contributed by atoms with Crippen LogP contribution in [0.25, 0.3) is 0 Å². The molecule has 52 heavy (non-hydrogen) atoms. The summed E-state index contributed by atoms with van der Waals surface area (Å²) in [5.74, 6) is -4.23. The molecule has 286 valence electrons. The van der Waals surface area contributed by atoms with Crippen LogP contribution in [0, 0.1) is 11.8 Å². The number of carbonyl (C=O) groups is 5. The minimum atomic E-state index is -1.27. The Labute approximate surface area is 305 Å². The van der Waals surface area contributed by atoms with E-state index in [4.69, 9.17) is 15.2 Å². The molecule has 1 aliphatic heterocycles. The van der Waals surface area contributed by atoms with E-state index < -0.39 is 65.2 Å². The van der Waals surface area contributed by atoms with E-state index in [0.29, 0.717) is 37.4 Å². The zero-order chi connectivity index (χ0) is 39.0. The van der Waals surface area contributed by atoms with Crippen LogP contribution in [0.4, 0.5) is 11.4 Å². The predicted molar refractivity (Wildman–Crippen MR) is 198 cm³/mol. The molecule has 14 nitrogen and oxygen atoms in total. The highest BCUT2D eigenvalue weighted by Gasteiger charge is 2.32. The lowest BCUT2D eigenvalue weighted by Crippen LogP contribution is -2.58. The van der Waals surface area contributed by atoms with Gasteiger partial charge in [0, 0.05) is 18.8 Å². The van der Waals surface area contributed by atoms with Gasteiger partial charge in [0.2, 0.25) is 17.7 Å². The van der Waals surface area contributed by atoms with Crippen LogP contribution in [0.1, 0.15) is 84.2 Å². The smallest absolute Gasteiger partial charge is 0.337 e. The van der Waals surface area contributed by atoms with Crippen molar-refractivity contribution in [3.8, 4) is 5.75 Å². The number of nitrogens with one attached hydrogen (secondary N) is 3.